The lowest BCUT2D eigenvalue weighted by Crippen LogP contribution is -2.27. The van der Waals surface area contributed by atoms with Gasteiger partial charge in [0.05, 0.1) is 24.1 Å². The largest absolute Gasteiger partial charge is 0.381 e. The predicted octanol–water partition coefficient (Wildman–Crippen LogP) is 1.15. The van der Waals surface area contributed by atoms with Gasteiger partial charge in [-0.25, -0.2) is 0 Å². The molecule has 6 heteroatoms. The fourth-order valence-corrected chi connectivity index (χ4v) is 2.46. The zero-order chi connectivity index (χ0) is 13.8. The average Bonchev–Trinajstić information content (AvgIpc) is 3.19. The minimum Gasteiger partial charge on any atom is -0.381 e. The second kappa shape index (κ2) is 5.92. The molecule has 2 aromatic rings. The molecule has 0 saturated carbocycles. The number of amides is 1. The number of carbonyl (C=O) groups excluding carboxylic acids is 1. The van der Waals surface area contributed by atoms with Crippen molar-refractivity contribution in [3.63, 3.8) is 0 Å². The minimum atomic E-state index is -0.0761. The number of nitrogens with one attached hydrogen (secondary N) is 2. The zero-order valence-corrected chi connectivity index (χ0v) is 11.2. The molecule has 20 heavy (non-hydrogen) atoms. The molecule has 3 rings (SSSR count). The molecule has 0 bridgehead atoms. The molecule has 1 amide bonds. The van der Waals surface area contributed by atoms with Gasteiger partial charge in [0.2, 0.25) is 0 Å². The number of H-pyrrole nitrogens is 1. The maximum absolute atomic E-state index is 12.2. The van der Waals surface area contributed by atoms with Crippen molar-refractivity contribution in [2.24, 2.45) is 0 Å². The first kappa shape index (κ1) is 12.9. The van der Waals surface area contributed by atoms with E-state index in [9.17, 15) is 4.79 Å². The fraction of sp³-hybridized carbons (Fsp3) is 0.429. The first-order valence-corrected chi connectivity index (χ1v) is 6.84. The van der Waals surface area contributed by atoms with E-state index in [-0.39, 0.29) is 11.8 Å². The number of hydrogen-bond acceptors (Lipinski definition) is 3. The lowest BCUT2D eigenvalue weighted by molar-refractivity contribution is 0.0951. The third kappa shape index (κ3) is 2.75. The molecule has 1 atom stereocenters. The van der Waals surface area contributed by atoms with E-state index in [0.717, 1.165) is 25.3 Å². The topological polar surface area (TPSA) is 71.9 Å². The summed E-state index contributed by atoms with van der Waals surface area (Å²) in [5, 5.41) is 9.86. The number of aromatic nitrogens is 3. The van der Waals surface area contributed by atoms with Crippen LogP contribution in [0.25, 0.3) is 0 Å². The Labute approximate surface area is 117 Å². The van der Waals surface area contributed by atoms with Gasteiger partial charge in [-0.05, 0) is 18.6 Å². The Kier molecular flexibility index (Phi) is 3.83. The summed E-state index contributed by atoms with van der Waals surface area (Å²) < 4.78 is 7.39. The standard InChI is InChI=1S/C14H18N4O2/c19-14(15-4-7-18-5-1-2-6-18)12-9-16-17-13(12)11-3-8-20-10-11/h1-2,5-6,9,11H,3-4,7-8,10H2,(H,15,19)(H,16,17)/t11-/m1/s1. The summed E-state index contributed by atoms with van der Waals surface area (Å²) in [6.45, 7) is 2.77. The van der Waals surface area contributed by atoms with E-state index in [2.05, 4.69) is 15.5 Å². The highest BCUT2D eigenvalue weighted by Gasteiger charge is 2.24. The lowest BCUT2D eigenvalue weighted by Gasteiger charge is -2.09. The van der Waals surface area contributed by atoms with Crippen LogP contribution < -0.4 is 5.32 Å². The van der Waals surface area contributed by atoms with Crippen LogP contribution >= 0.6 is 0 Å². The van der Waals surface area contributed by atoms with Gasteiger partial charge in [-0.1, -0.05) is 0 Å². The minimum absolute atomic E-state index is 0.0761. The van der Waals surface area contributed by atoms with Crippen LogP contribution in [0.5, 0.6) is 0 Å². The Bertz CT molecular complexity index is 556. The van der Waals surface area contributed by atoms with Gasteiger partial charge < -0.3 is 14.6 Å². The molecule has 0 unspecified atom stereocenters. The Morgan fingerprint density at radius 3 is 3.10 bits per heavy atom. The number of rotatable bonds is 5. The van der Waals surface area contributed by atoms with E-state index in [0.29, 0.717) is 18.7 Å². The van der Waals surface area contributed by atoms with Crippen LogP contribution in [-0.4, -0.2) is 40.4 Å². The molecule has 0 aliphatic carbocycles. The van der Waals surface area contributed by atoms with Gasteiger partial charge in [-0.2, -0.15) is 5.10 Å². The summed E-state index contributed by atoms with van der Waals surface area (Å²) >= 11 is 0. The molecule has 0 radical (unpaired) electrons. The molecule has 0 spiro atoms. The van der Waals surface area contributed by atoms with Crippen molar-refractivity contribution in [2.45, 2.75) is 18.9 Å². The van der Waals surface area contributed by atoms with Crippen molar-refractivity contribution in [3.8, 4) is 0 Å². The third-order valence-electron chi connectivity index (χ3n) is 3.57. The normalized spacial score (nSPS) is 18.3. The van der Waals surface area contributed by atoms with Gasteiger partial charge in [0.15, 0.2) is 0 Å². The molecule has 2 N–H and O–H groups in total. The molecule has 3 heterocycles. The molecule has 6 nitrogen and oxygen atoms in total. The highest BCUT2D eigenvalue weighted by atomic mass is 16.5. The smallest absolute Gasteiger partial charge is 0.254 e. The summed E-state index contributed by atoms with van der Waals surface area (Å²) in [5.74, 6) is 0.176. The first-order valence-electron chi connectivity index (χ1n) is 6.84. The number of nitrogens with zero attached hydrogens (tertiary/aromatic N) is 2. The van der Waals surface area contributed by atoms with Gasteiger partial charge in [0, 0.05) is 38.0 Å². The summed E-state index contributed by atoms with van der Waals surface area (Å²) in [5.41, 5.74) is 1.52. The molecule has 1 fully saturated rings. The second-order valence-corrected chi connectivity index (χ2v) is 4.93. The number of carbonyl (C=O) groups is 1. The molecular weight excluding hydrogens is 256 g/mol. The van der Waals surface area contributed by atoms with Gasteiger partial charge in [0.25, 0.3) is 5.91 Å². The van der Waals surface area contributed by atoms with Gasteiger partial charge in [-0.15, -0.1) is 0 Å². The Hall–Kier alpha value is -2.08. The SMILES string of the molecule is O=C(NCCn1cccc1)c1cn[nH]c1[C@@H]1CCOC1. The van der Waals surface area contributed by atoms with E-state index in [4.69, 9.17) is 4.74 Å². The molecule has 2 aromatic heterocycles. The Balaban J connectivity index is 1.58. The Morgan fingerprint density at radius 1 is 1.50 bits per heavy atom. The highest BCUT2D eigenvalue weighted by molar-refractivity contribution is 5.95. The molecule has 0 aromatic carbocycles. The van der Waals surface area contributed by atoms with Crippen LogP contribution in [0.4, 0.5) is 0 Å². The lowest BCUT2D eigenvalue weighted by atomic mass is 10.0. The highest BCUT2D eigenvalue weighted by Crippen LogP contribution is 2.25. The van der Waals surface area contributed by atoms with E-state index in [1.165, 1.54) is 0 Å². The third-order valence-corrected chi connectivity index (χ3v) is 3.57. The molecule has 1 aliphatic heterocycles. The van der Waals surface area contributed by atoms with E-state index in [1.54, 1.807) is 6.20 Å². The van der Waals surface area contributed by atoms with Crippen LogP contribution in [0.15, 0.2) is 30.7 Å². The number of ether oxygens (including phenoxy) is 1. The van der Waals surface area contributed by atoms with E-state index < -0.39 is 0 Å². The maximum Gasteiger partial charge on any atom is 0.254 e. The maximum atomic E-state index is 12.2. The second-order valence-electron chi connectivity index (χ2n) is 4.93. The van der Waals surface area contributed by atoms with Gasteiger partial charge in [0.1, 0.15) is 0 Å². The number of hydrogen-bond donors (Lipinski definition) is 2. The van der Waals surface area contributed by atoms with Crippen LogP contribution in [0.3, 0.4) is 0 Å². The van der Waals surface area contributed by atoms with E-state index in [1.807, 2.05) is 29.1 Å². The molecular formula is C14H18N4O2. The van der Waals surface area contributed by atoms with Gasteiger partial charge >= 0.3 is 0 Å². The van der Waals surface area contributed by atoms with Crippen molar-refractivity contribution >= 4 is 5.91 Å². The van der Waals surface area contributed by atoms with Crippen LogP contribution in [0.2, 0.25) is 0 Å². The van der Waals surface area contributed by atoms with Crippen molar-refractivity contribution in [2.75, 3.05) is 19.8 Å². The van der Waals surface area contributed by atoms with Crippen LogP contribution in [-0.2, 0) is 11.3 Å². The van der Waals surface area contributed by atoms with Crippen molar-refractivity contribution in [1.29, 1.82) is 0 Å². The summed E-state index contributed by atoms with van der Waals surface area (Å²) in [7, 11) is 0. The predicted molar refractivity (Wildman–Crippen MR) is 73.5 cm³/mol. The van der Waals surface area contributed by atoms with Crippen LogP contribution in [0.1, 0.15) is 28.4 Å². The monoisotopic (exact) mass is 274 g/mol. The summed E-state index contributed by atoms with van der Waals surface area (Å²) in [6.07, 6.45) is 6.49. The fourth-order valence-electron chi connectivity index (χ4n) is 2.46. The van der Waals surface area contributed by atoms with E-state index >= 15 is 0 Å². The van der Waals surface area contributed by atoms with Crippen LogP contribution in [0, 0.1) is 0 Å². The average molecular weight is 274 g/mol. The molecule has 1 aliphatic rings. The summed E-state index contributed by atoms with van der Waals surface area (Å²) in [6, 6.07) is 3.94. The molecule has 1 saturated heterocycles. The van der Waals surface area contributed by atoms with Crippen molar-refractivity contribution in [3.05, 3.63) is 42.0 Å². The quantitative estimate of drug-likeness (QED) is 0.859. The van der Waals surface area contributed by atoms with Crippen molar-refractivity contribution < 1.29 is 9.53 Å². The first-order chi connectivity index (χ1) is 9.84. The van der Waals surface area contributed by atoms with Gasteiger partial charge in [-0.3, -0.25) is 9.89 Å². The zero-order valence-electron chi connectivity index (χ0n) is 11.2. The Morgan fingerprint density at radius 2 is 2.35 bits per heavy atom. The summed E-state index contributed by atoms with van der Waals surface area (Å²) in [4.78, 5) is 12.2. The van der Waals surface area contributed by atoms with Crippen molar-refractivity contribution in [1.82, 2.24) is 20.1 Å². The molecule has 106 valence electrons. The number of aromatic amines is 1.